The van der Waals surface area contributed by atoms with Gasteiger partial charge in [-0.3, -0.25) is 4.18 Å². The average molecular weight is 354 g/mol. The molecule has 7 nitrogen and oxygen atoms in total. The maximum Gasteiger partial charge on any atom is 0.297 e. The molecule has 0 saturated carbocycles. The van der Waals surface area contributed by atoms with E-state index >= 15 is 0 Å². The Balaban J connectivity index is 2.30. The van der Waals surface area contributed by atoms with Crippen LogP contribution >= 0.6 is 0 Å². The molecule has 1 aromatic carbocycles. The molecule has 1 aliphatic heterocycles. The third-order valence-corrected chi connectivity index (χ3v) is 4.67. The van der Waals surface area contributed by atoms with Crippen molar-refractivity contribution >= 4 is 10.1 Å². The molecule has 0 radical (unpaired) electrons. The first kappa shape index (κ1) is 18.2. The number of hydrogen-bond donors (Lipinski definition) is 2. The van der Waals surface area contributed by atoms with E-state index in [1.165, 1.54) is 14.0 Å². The van der Waals surface area contributed by atoms with Crippen molar-refractivity contribution in [1.82, 2.24) is 0 Å². The Kier molecular flexibility index (Phi) is 5.33. The summed E-state index contributed by atoms with van der Waals surface area (Å²) in [4.78, 5) is -0.775. The lowest BCUT2D eigenvalue weighted by atomic mass is 10.0. The molecule has 0 aliphatic carbocycles. The molecule has 5 atom stereocenters. The predicted molar refractivity (Wildman–Crippen MR) is 71.8 cm³/mol. The molecule has 1 saturated heterocycles. The Morgan fingerprint density at radius 2 is 1.70 bits per heavy atom. The third kappa shape index (κ3) is 3.84. The second kappa shape index (κ2) is 6.75. The first-order valence-corrected chi connectivity index (χ1v) is 8.00. The Bertz CT molecular complexity index is 646. The number of methoxy groups -OCH3 is 1. The Morgan fingerprint density at radius 1 is 1.13 bits per heavy atom. The van der Waals surface area contributed by atoms with Gasteiger partial charge >= 0.3 is 0 Å². The van der Waals surface area contributed by atoms with Gasteiger partial charge in [-0.25, -0.2) is 8.78 Å². The van der Waals surface area contributed by atoms with Crippen molar-refractivity contribution in [1.29, 1.82) is 0 Å². The van der Waals surface area contributed by atoms with E-state index in [0.29, 0.717) is 18.2 Å². The molecular weight excluding hydrogens is 338 g/mol. The fourth-order valence-corrected chi connectivity index (χ4v) is 3.33. The quantitative estimate of drug-likeness (QED) is 0.742. The van der Waals surface area contributed by atoms with Crippen LogP contribution in [-0.4, -0.2) is 56.4 Å². The topological polar surface area (TPSA) is 102 Å². The Morgan fingerprint density at radius 3 is 2.22 bits per heavy atom. The number of aliphatic hydroxyl groups is 2. The van der Waals surface area contributed by atoms with Gasteiger partial charge in [0.2, 0.25) is 0 Å². The summed E-state index contributed by atoms with van der Waals surface area (Å²) < 4.78 is 65.4. The van der Waals surface area contributed by atoms with Crippen molar-refractivity contribution in [3.05, 3.63) is 29.8 Å². The molecule has 1 aromatic rings. The van der Waals surface area contributed by atoms with E-state index in [0.717, 1.165) is 0 Å². The molecule has 1 fully saturated rings. The zero-order valence-corrected chi connectivity index (χ0v) is 13.0. The summed E-state index contributed by atoms with van der Waals surface area (Å²) in [7, 11) is -3.42. The summed E-state index contributed by atoms with van der Waals surface area (Å²) in [5.41, 5.74) is 0. The van der Waals surface area contributed by atoms with Crippen LogP contribution in [0, 0.1) is 11.6 Å². The van der Waals surface area contributed by atoms with Crippen molar-refractivity contribution in [3.8, 4) is 0 Å². The van der Waals surface area contributed by atoms with Gasteiger partial charge in [-0.05, 0) is 19.1 Å². The monoisotopic (exact) mass is 354 g/mol. The summed E-state index contributed by atoms with van der Waals surface area (Å²) in [6.07, 6.45) is -6.87. The van der Waals surface area contributed by atoms with Crippen LogP contribution in [0.5, 0.6) is 0 Å². The zero-order valence-electron chi connectivity index (χ0n) is 12.2. The first-order valence-electron chi connectivity index (χ1n) is 6.59. The lowest BCUT2D eigenvalue weighted by molar-refractivity contribution is -0.280. The highest BCUT2D eigenvalue weighted by Crippen LogP contribution is 2.27. The first-order chi connectivity index (χ1) is 10.7. The van der Waals surface area contributed by atoms with Crippen LogP contribution in [0.1, 0.15) is 6.92 Å². The summed E-state index contributed by atoms with van der Waals surface area (Å²) in [6, 6.07) is 1.63. The number of halogens is 2. The van der Waals surface area contributed by atoms with Crippen LogP contribution in [0.4, 0.5) is 8.78 Å². The lowest BCUT2D eigenvalue weighted by Crippen LogP contribution is -2.58. The van der Waals surface area contributed by atoms with Gasteiger partial charge in [0.1, 0.15) is 29.9 Å². The number of rotatable bonds is 4. The van der Waals surface area contributed by atoms with E-state index in [9.17, 15) is 27.4 Å². The van der Waals surface area contributed by atoms with Crippen molar-refractivity contribution in [2.24, 2.45) is 0 Å². The van der Waals surface area contributed by atoms with Crippen LogP contribution < -0.4 is 0 Å². The molecule has 1 heterocycles. The van der Waals surface area contributed by atoms with Crippen molar-refractivity contribution in [2.75, 3.05) is 7.11 Å². The standard InChI is InChI=1S/C13H16F2O7S/c1-6-10(16)12(11(17)13(20-2)21-6)22-23(18,19)9-4-7(14)3-8(15)5-9/h3-6,10-13,16-17H,1-2H3/t6-,10-,11+,12+,13+/m0/s1. The van der Waals surface area contributed by atoms with Crippen molar-refractivity contribution in [2.45, 2.75) is 42.5 Å². The third-order valence-electron chi connectivity index (χ3n) is 3.38. The van der Waals surface area contributed by atoms with Crippen molar-refractivity contribution < 1.29 is 41.1 Å². The summed E-state index contributed by atoms with van der Waals surface area (Å²) in [5.74, 6) is -2.22. The molecule has 0 unspecified atom stereocenters. The molecule has 0 aromatic heterocycles. The molecule has 0 amide bonds. The van der Waals surface area contributed by atoms with Gasteiger partial charge < -0.3 is 19.7 Å². The van der Waals surface area contributed by atoms with E-state index in [-0.39, 0.29) is 0 Å². The van der Waals surface area contributed by atoms with Gasteiger partial charge in [-0.1, -0.05) is 0 Å². The Hall–Kier alpha value is -1.17. The summed E-state index contributed by atoms with van der Waals surface area (Å²) in [6.45, 7) is 1.42. The van der Waals surface area contributed by atoms with Gasteiger partial charge in [0.05, 0.1) is 11.0 Å². The minimum atomic E-state index is -4.64. The molecule has 23 heavy (non-hydrogen) atoms. The maximum atomic E-state index is 13.2. The second-order valence-electron chi connectivity index (χ2n) is 5.05. The smallest absolute Gasteiger partial charge is 0.297 e. The van der Waals surface area contributed by atoms with Crippen LogP contribution in [0.25, 0.3) is 0 Å². The van der Waals surface area contributed by atoms with E-state index in [1.54, 1.807) is 0 Å². The van der Waals surface area contributed by atoms with E-state index in [2.05, 4.69) is 0 Å². The fourth-order valence-electron chi connectivity index (χ4n) is 2.18. The maximum absolute atomic E-state index is 13.2. The highest BCUT2D eigenvalue weighted by atomic mass is 32.2. The highest BCUT2D eigenvalue weighted by Gasteiger charge is 2.46. The number of aliphatic hydroxyl groups excluding tert-OH is 2. The van der Waals surface area contributed by atoms with Crippen LogP contribution in [0.2, 0.25) is 0 Å². The second-order valence-corrected chi connectivity index (χ2v) is 6.62. The zero-order chi connectivity index (χ0) is 17.4. The highest BCUT2D eigenvalue weighted by molar-refractivity contribution is 7.86. The van der Waals surface area contributed by atoms with Gasteiger partial charge in [0, 0.05) is 13.2 Å². The van der Waals surface area contributed by atoms with Gasteiger partial charge in [-0.15, -0.1) is 0 Å². The summed E-state index contributed by atoms with van der Waals surface area (Å²) >= 11 is 0. The minimum Gasteiger partial charge on any atom is -0.388 e. The van der Waals surface area contributed by atoms with Crippen LogP contribution in [0.15, 0.2) is 23.1 Å². The van der Waals surface area contributed by atoms with E-state index < -0.39 is 57.4 Å². The van der Waals surface area contributed by atoms with Gasteiger partial charge in [0.25, 0.3) is 10.1 Å². The predicted octanol–water partition coefficient (Wildman–Crippen LogP) is 0.152. The largest absolute Gasteiger partial charge is 0.388 e. The van der Waals surface area contributed by atoms with E-state index in [1.807, 2.05) is 0 Å². The normalized spacial score (nSPS) is 32.0. The SMILES string of the molecule is CO[C@@H]1O[C@@H](C)[C@H](O)[C@@H](OS(=O)(=O)c2cc(F)cc(F)c2)[C@H]1O. The lowest BCUT2D eigenvalue weighted by Gasteiger charge is -2.40. The molecule has 0 bridgehead atoms. The molecule has 2 rings (SSSR count). The number of hydrogen-bond acceptors (Lipinski definition) is 7. The molecule has 10 heteroatoms. The minimum absolute atomic E-state index is 0.500. The molecule has 130 valence electrons. The molecule has 1 aliphatic rings. The molecular formula is C13H16F2O7S. The molecule has 0 spiro atoms. The number of benzene rings is 1. The van der Waals surface area contributed by atoms with Crippen LogP contribution in [0.3, 0.4) is 0 Å². The number of ether oxygens (including phenoxy) is 2. The van der Waals surface area contributed by atoms with Gasteiger partial charge in [0.15, 0.2) is 6.29 Å². The molecule has 2 N–H and O–H groups in total. The average Bonchev–Trinajstić information content (AvgIpc) is 2.46. The Labute approximate surface area is 131 Å². The van der Waals surface area contributed by atoms with E-state index in [4.69, 9.17) is 13.7 Å². The fraction of sp³-hybridized carbons (Fsp3) is 0.538. The van der Waals surface area contributed by atoms with Gasteiger partial charge in [-0.2, -0.15) is 8.42 Å². The summed E-state index contributed by atoms with van der Waals surface area (Å²) in [5, 5.41) is 20.0. The van der Waals surface area contributed by atoms with Crippen LogP contribution in [-0.2, 0) is 23.8 Å². The van der Waals surface area contributed by atoms with Crippen molar-refractivity contribution in [3.63, 3.8) is 0 Å².